The number of rotatable bonds is 14. The Bertz CT molecular complexity index is 457. The molecule has 1 unspecified atom stereocenters. The van der Waals surface area contributed by atoms with Crippen LogP contribution in [-0.2, 0) is 28.6 Å². The van der Waals surface area contributed by atoms with Gasteiger partial charge < -0.3 is 34.6 Å². The lowest BCUT2D eigenvalue weighted by Crippen LogP contribution is -2.61. The normalized spacial score (nSPS) is 13.1. The smallest absolute Gasteiger partial charge is 0.337 e. The molecule has 0 amide bonds. The van der Waals surface area contributed by atoms with Gasteiger partial charge >= 0.3 is 17.9 Å². The van der Waals surface area contributed by atoms with E-state index < -0.39 is 35.3 Å². The summed E-state index contributed by atoms with van der Waals surface area (Å²) < 4.78 is 15.0. The number of ether oxygens (including phenoxy) is 3. The summed E-state index contributed by atoms with van der Waals surface area (Å²) in [5, 5.41) is 34.9. The summed E-state index contributed by atoms with van der Waals surface area (Å²) in [6.07, 6.45) is -0.611. The minimum atomic E-state index is -2.15. The number of aliphatic hydroxyl groups is 2. The lowest BCUT2D eigenvalue weighted by Gasteiger charge is -2.43. The zero-order valence-corrected chi connectivity index (χ0v) is 17.1. The number of carbonyl (C=O) groups is 3. The number of aliphatic hydroxyl groups excluding tert-OH is 2. The maximum atomic E-state index is 12.4. The quantitative estimate of drug-likeness (QED) is 0.237. The highest BCUT2D eigenvalue weighted by Gasteiger charge is 2.62. The van der Waals surface area contributed by atoms with Crippen molar-refractivity contribution >= 4 is 17.9 Å². The van der Waals surface area contributed by atoms with Gasteiger partial charge in [0, 0.05) is 6.61 Å². The van der Waals surface area contributed by atoms with Gasteiger partial charge in [0.15, 0.2) is 5.60 Å². The molecule has 0 aliphatic rings. The first-order valence-corrected chi connectivity index (χ1v) is 9.25. The summed E-state index contributed by atoms with van der Waals surface area (Å²) in [6, 6.07) is 0. The van der Waals surface area contributed by atoms with Crippen molar-refractivity contribution in [2.24, 2.45) is 5.41 Å². The molecule has 4 N–H and O–H groups in total. The summed E-state index contributed by atoms with van der Waals surface area (Å²) in [7, 11) is 0. The molecule has 1 atom stereocenters. The molecule has 10 heteroatoms. The van der Waals surface area contributed by atoms with Crippen molar-refractivity contribution in [3.05, 3.63) is 0 Å². The van der Waals surface area contributed by atoms with E-state index in [0.717, 1.165) is 0 Å². The molecule has 0 bridgehead atoms. The van der Waals surface area contributed by atoms with Crippen molar-refractivity contribution < 1.29 is 49.0 Å². The maximum absolute atomic E-state index is 12.4. The monoisotopic (exact) mass is 410 g/mol. The fourth-order valence-corrected chi connectivity index (χ4v) is 2.93. The third kappa shape index (κ3) is 7.70. The van der Waals surface area contributed by atoms with E-state index in [1.54, 1.807) is 27.7 Å². The van der Waals surface area contributed by atoms with Crippen molar-refractivity contribution in [2.45, 2.75) is 52.6 Å². The van der Waals surface area contributed by atoms with Gasteiger partial charge in [-0.25, -0.2) is 4.79 Å². The highest BCUT2D eigenvalue weighted by molar-refractivity contribution is 5.93. The molecule has 0 aromatic carbocycles. The predicted molar refractivity (Wildman–Crippen MR) is 98.9 cm³/mol. The first-order chi connectivity index (χ1) is 13.2. The molecule has 0 saturated heterocycles. The van der Waals surface area contributed by atoms with Gasteiger partial charge in [0.05, 0.1) is 39.5 Å². The molecule has 0 heterocycles. The zero-order chi connectivity index (χ0) is 22.2. The van der Waals surface area contributed by atoms with Crippen molar-refractivity contribution in [3.8, 4) is 0 Å². The third-order valence-electron chi connectivity index (χ3n) is 4.25. The van der Waals surface area contributed by atoms with Crippen LogP contribution in [0.1, 0.15) is 47.0 Å². The summed E-state index contributed by atoms with van der Waals surface area (Å²) in [5.74, 6) is -3.56. The number of carboxylic acids is 2. The van der Waals surface area contributed by atoms with Gasteiger partial charge in [0.1, 0.15) is 5.41 Å². The molecule has 0 aliphatic heterocycles. The second-order valence-corrected chi connectivity index (χ2v) is 5.70. The van der Waals surface area contributed by atoms with Crippen LogP contribution in [-0.4, -0.2) is 83.6 Å². The topological polar surface area (TPSA) is 160 Å². The van der Waals surface area contributed by atoms with Gasteiger partial charge in [-0.1, -0.05) is 13.8 Å². The van der Waals surface area contributed by atoms with Crippen LogP contribution in [0.25, 0.3) is 0 Å². The Morgan fingerprint density at radius 1 is 0.857 bits per heavy atom. The van der Waals surface area contributed by atoms with Gasteiger partial charge in [-0.3, -0.25) is 9.59 Å². The van der Waals surface area contributed by atoms with E-state index in [1.165, 1.54) is 0 Å². The summed E-state index contributed by atoms with van der Waals surface area (Å²) in [5.41, 5.74) is -3.70. The Morgan fingerprint density at radius 3 is 1.64 bits per heavy atom. The molecule has 28 heavy (non-hydrogen) atoms. The number of carboxylic acid groups (broad SMARTS) is 2. The van der Waals surface area contributed by atoms with Crippen molar-refractivity contribution in [2.75, 3.05) is 39.6 Å². The Hall–Kier alpha value is -1.75. The molecule has 0 rings (SSSR count). The van der Waals surface area contributed by atoms with E-state index in [9.17, 15) is 19.5 Å². The van der Waals surface area contributed by atoms with E-state index in [0.29, 0.717) is 13.2 Å². The van der Waals surface area contributed by atoms with E-state index in [1.807, 2.05) is 0 Å². The molecule has 0 aromatic rings. The molecule has 0 radical (unpaired) electrons. The van der Waals surface area contributed by atoms with E-state index in [2.05, 4.69) is 4.74 Å². The van der Waals surface area contributed by atoms with Crippen LogP contribution in [0.5, 0.6) is 0 Å². The lowest BCUT2D eigenvalue weighted by molar-refractivity contribution is -0.208. The fourth-order valence-electron chi connectivity index (χ4n) is 2.93. The van der Waals surface area contributed by atoms with E-state index >= 15 is 0 Å². The molecule has 166 valence electrons. The van der Waals surface area contributed by atoms with E-state index in [-0.39, 0.29) is 39.3 Å². The van der Waals surface area contributed by atoms with Crippen LogP contribution in [0.15, 0.2) is 0 Å². The van der Waals surface area contributed by atoms with Crippen molar-refractivity contribution in [1.82, 2.24) is 0 Å². The molecule has 10 nitrogen and oxygen atoms in total. The number of carbonyl (C=O) groups excluding carboxylic acids is 1. The van der Waals surface area contributed by atoms with Crippen molar-refractivity contribution in [1.29, 1.82) is 0 Å². The van der Waals surface area contributed by atoms with Crippen LogP contribution in [0.3, 0.4) is 0 Å². The van der Waals surface area contributed by atoms with Crippen LogP contribution in [0, 0.1) is 5.41 Å². The second kappa shape index (κ2) is 15.2. The zero-order valence-electron chi connectivity index (χ0n) is 17.1. The Labute approximate surface area is 165 Å². The standard InChI is InChI=1S/C14H24O7.C4H10O3/c1-5-13(6-2,12(19)20-7-3)14(11(17)18,21-8-4)9-10(15)16;5-1-3-7-4-2-6/h5-9H2,1-4H3,(H,15,16)(H,17,18);5-6H,1-4H2. The largest absolute Gasteiger partial charge is 0.481 e. The minimum Gasteiger partial charge on any atom is -0.481 e. The van der Waals surface area contributed by atoms with Gasteiger partial charge in [-0.05, 0) is 26.7 Å². The maximum Gasteiger partial charge on any atom is 0.337 e. The first kappa shape index (κ1) is 28.5. The number of hydrogen-bond acceptors (Lipinski definition) is 8. The Balaban J connectivity index is 0. The summed E-state index contributed by atoms with van der Waals surface area (Å²) in [4.78, 5) is 35.4. The van der Waals surface area contributed by atoms with Crippen LogP contribution < -0.4 is 0 Å². The Morgan fingerprint density at radius 2 is 1.36 bits per heavy atom. The van der Waals surface area contributed by atoms with Crippen LogP contribution >= 0.6 is 0 Å². The summed E-state index contributed by atoms with van der Waals surface area (Å²) in [6.45, 7) is 7.16. The fraction of sp³-hybridized carbons (Fsp3) is 0.833. The summed E-state index contributed by atoms with van der Waals surface area (Å²) >= 11 is 0. The van der Waals surface area contributed by atoms with Gasteiger partial charge in [-0.2, -0.15) is 0 Å². The van der Waals surface area contributed by atoms with Crippen molar-refractivity contribution in [3.63, 3.8) is 0 Å². The van der Waals surface area contributed by atoms with E-state index in [4.69, 9.17) is 24.8 Å². The molecular formula is C18H34O10. The molecule has 0 spiro atoms. The highest BCUT2D eigenvalue weighted by Crippen LogP contribution is 2.45. The number of esters is 1. The average Bonchev–Trinajstić information content (AvgIpc) is 2.63. The Kier molecular flexibility index (Phi) is 15.5. The molecule has 0 saturated carbocycles. The van der Waals surface area contributed by atoms with Crippen LogP contribution in [0.2, 0.25) is 0 Å². The molecule has 0 fully saturated rings. The first-order valence-electron chi connectivity index (χ1n) is 9.25. The second-order valence-electron chi connectivity index (χ2n) is 5.70. The van der Waals surface area contributed by atoms with Gasteiger partial charge in [-0.15, -0.1) is 0 Å². The van der Waals surface area contributed by atoms with Gasteiger partial charge in [0.25, 0.3) is 0 Å². The lowest BCUT2D eigenvalue weighted by atomic mass is 9.66. The number of hydrogen-bond donors (Lipinski definition) is 4. The number of aliphatic carboxylic acids is 2. The molecule has 0 aromatic heterocycles. The SMILES string of the molecule is CCOC(=O)C(CC)(CC)C(CC(=O)O)(OCC)C(=O)O.OCCOCCO. The minimum absolute atomic E-state index is 0.0270. The molecular weight excluding hydrogens is 376 g/mol. The van der Waals surface area contributed by atoms with Gasteiger partial charge in [0.2, 0.25) is 0 Å². The molecule has 0 aliphatic carbocycles. The average molecular weight is 410 g/mol. The third-order valence-corrected chi connectivity index (χ3v) is 4.25. The van der Waals surface area contributed by atoms with Crippen LogP contribution in [0.4, 0.5) is 0 Å². The highest BCUT2D eigenvalue weighted by atomic mass is 16.6. The predicted octanol–water partition coefficient (Wildman–Crippen LogP) is 0.678.